The van der Waals surface area contributed by atoms with Crippen LogP contribution in [0.5, 0.6) is 0 Å². The molecule has 2 rings (SSSR count). The number of nitrogens with zero attached hydrogens (tertiary/aromatic N) is 1. The predicted octanol–water partition coefficient (Wildman–Crippen LogP) is 0.702. The Bertz CT molecular complexity index is 218. The first-order valence-electron chi connectivity index (χ1n) is 5.35. The summed E-state index contributed by atoms with van der Waals surface area (Å²) in [5, 5.41) is 3.41. The molecule has 1 aliphatic heterocycles. The molecule has 1 N–H and O–H groups in total. The van der Waals surface area contributed by atoms with Gasteiger partial charge in [0.25, 0.3) is 0 Å². The van der Waals surface area contributed by atoms with Gasteiger partial charge in [-0.3, -0.25) is 4.79 Å². The average Bonchev–Trinajstić information content (AvgIpc) is 2.93. The highest BCUT2D eigenvalue weighted by Gasteiger charge is 2.34. The molecular formula is C10H18N2OS. The van der Waals surface area contributed by atoms with Gasteiger partial charge in [0.2, 0.25) is 5.91 Å². The average molecular weight is 214 g/mol. The van der Waals surface area contributed by atoms with E-state index in [0.29, 0.717) is 11.9 Å². The minimum Gasteiger partial charge on any atom is -0.340 e. The molecule has 1 atom stereocenters. The zero-order valence-electron chi connectivity index (χ0n) is 8.66. The maximum Gasteiger partial charge on any atom is 0.239 e. The number of likely N-dealkylation sites (tertiary alicyclic amines) is 1. The van der Waals surface area contributed by atoms with E-state index in [1.54, 1.807) is 11.8 Å². The lowest BCUT2D eigenvalue weighted by Gasteiger charge is -2.16. The van der Waals surface area contributed by atoms with Crippen molar-refractivity contribution >= 4 is 17.7 Å². The molecule has 80 valence electrons. The summed E-state index contributed by atoms with van der Waals surface area (Å²) in [6.07, 6.45) is 5.60. The summed E-state index contributed by atoms with van der Waals surface area (Å²) in [7, 11) is 0. The van der Waals surface area contributed by atoms with E-state index < -0.39 is 0 Å². The molecule has 2 aliphatic rings. The molecule has 1 aliphatic carbocycles. The van der Waals surface area contributed by atoms with Crippen molar-refractivity contribution in [3.05, 3.63) is 0 Å². The van der Waals surface area contributed by atoms with Gasteiger partial charge in [0.05, 0.1) is 6.04 Å². The zero-order chi connectivity index (χ0) is 9.97. The van der Waals surface area contributed by atoms with Gasteiger partial charge in [-0.1, -0.05) is 0 Å². The van der Waals surface area contributed by atoms with Crippen LogP contribution in [0.2, 0.25) is 0 Å². The lowest BCUT2D eigenvalue weighted by molar-refractivity contribution is -0.129. The van der Waals surface area contributed by atoms with Crippen LogP contribution in [-0.2, 0) is 4.79 Å². The van der Waals surface area contributed by atoms with Crippen LogP contribution in [0.4, 0.5) is 0 Å². The first-order chi connectivity index (χ1) is 6.81. The molecule has 2 fully saturated rings. The van der Waals surface area contributed by atoms with Crippen LogP contribution < -0.4 is 5.32 Å². The number of rotatable bonds is 5. The fourth-order valence-electron chi connectivity index (χ4n) is 1.85. The molecule has 1 saturated carbocycles. The Morgan fingerprint density at radius 3 is 2.93 bits per heavy atom. The Morgan fingerprint density at radius 2 is 2.29 bits per heavy atom. The third-order valence-electron chi connectivity index (χ3n) is 2.88. The maximum atomic E-state index is 11.8. The lowest BCUT2D eigenvalue weighted by atomic mass is 10.2. The monoisotopic (exact) mass is 214 g/mol. The molecule has 0 aromatic rings. The van der Waals surface area contributed by atoms with Gasteiger partial charge in [-0.2, -0.15) is 11.8 Å². The highest BCUT2D eigenvalue weighted by Crippen LogP contribution is 2.22. The largest absolute Gasteiger partial charge is 0.340 e. The molecule has 4 heteroatoms. The number of thioether (sulfide) groups is 1. The van der Waals surface area contributed by atoms with Gasteiger partial charge in [0.15, 0.2) is 0 Å². The summed E-state index contributed by atoms with van der Waals surface area (Å²) < 4.78 is 0. The Balaban J connectivity index is 1.76. The molecular weight excluding hydrogens is 196 g/mol. The van der Waals surface area contributed by atoms with Crippen LogP contribution in [0.1, 0.15) is 19.3 Å². The van der Waals surface area contributed by atoms with Gasteiger partial charge in [-0.15, -0.1) is 0 Å². The highest BCUT2D eigenvalue weighted by atomic mass is 32.2. The number of carbonyl (C=O) groups excluding carboxylic acids is 1. The lowest BCUT2D eigenvalue weighted by Crippen LogP contribution is -2.39. The second-order valence-electron chi connectivity index (χ2n) is 4.10. The number of carbonyl (C=O) groups is 1. The second kappa shape index (κ2) is 4.53. The van der Waals surface area contributed by atoms with E-state index in [1.807, 2.05) is 4.90 Å². The summed E-state index contributed by atoms with van der Waals surface area (Å²) in [5.74, 6) is 1.38. The van der Waals surface area contributed by atoms with E-state index >= 15 is 0 Å². The molecule has 3 nitrogen and oxygen atoms in total. The van der Waals surface area contributed by atoms with Crippen molar-refractivity contribution in [2.75, 3.05) is 25.1 Å². The Hall–Kier alpha value is -0.220. The van der Waals surface area contributed by atoms with E-state index in [4.69, 9.17) is 0 Å². The van der Waals surface area contributed by atoms with Crippen molar-refractivity contribution in [1.29, 1.82) is 0 Å². The minimum absolute atomic E-state index is 0.129. The van der Waals surface area contributed by atoms with Crippen molar-refractivity contribution in [2.24, 2.45) is 0 Å². The smallest absolute Gasteiger partial charge is 0.239 e. The van der Waals surface area contributed by atoms with Crippen molar-refractivity contribution in [3.63, 3.8) is 0 Å². The van der Waals surface area contributed by atoms with Crippen LogP contribution in [0, 0.1) is 0 Å². The molecule has 1 amide bonds. The molecule has 1 unspecified atom stereocenters. The molecule has 0 aromatic carbocycles. The molecule has 1 saturated heterocycles. The molecule has 0 spiro atoms. The quantitative estimate of drug-likeness (QED) is 0.731. The SMILES string of the molecule is CSCCN1CCC(NC2CC2)C1=O. The van der Waals surface area contributed by atoms with Gasteiger partial charge in [0, 0.05) is 24.9 Å². The van der Waals surface area contributed by atoms with E-state index in [1.165, 1.54) is 12.8 Å². The molecule has 0 radical (unpaired) electrons. The van der Waals surface area contributed by atoms with Crippen LogP contribution >= 0.6 is 11.8 Å². The summed E-state index contributed by atoms with van der Waals surface area (Å²) in [4.78, 5) is 13.8. The summed E-state index contributed by atoms with van der Waals surface area (Å²) >= 11 is 1.80. The van der Waals surface area contributed by atoms with Crippen molar-refractivity contribution < 1.29 is 4.79 Å². The first-order valence-corrected chi connectivity index (χ1v) is 6.74. The van der Waals surface area contributed by atoms with Crippen LogP contribution in [0.3, 0.4) is 0 Å². The van der Waals surface area contributed by atoms with Crippen LogP contribution in [-0.4, -0.2) is 48.0 Å². The van der Waals surface area contributed by atoms with E-state index in [-0.39, 0.29) is 6.04 Å². The first kappa shape index (κ1) is 10.3. The van der Waals surface area contributed by atoms with Gasteiger partial charge in [-0.25, -0.2) is 0 Å². The fraction of sp³-hybridized carbons (Fsp3) is 0.900. The van der Waals surface area contributed by atoms with Crippen molar-refractivity contribution in [2.45, 2.75) is 31.3 Å². The number of hydrogen-bond acceptors (Lipinski definition) is 3. The van der Waals surface area contributed by atoms with Gasteiger partial charge >= 0.3 is 0 Å². The van der Waals surface area contributed by atoms with E-state index in [0.717, 1.165) is 25.3 Å². The fourth-order valence-corrected chi connectivity index (χ4v) is 2.25. The van der Waals surface area contributed by atoms with Crippen molar-refractivity contribution in [3.8, 4) is 0 Å². The Kier molecular flexibility index (Phi) is 3.34. The molecule has 0 bridgehead atoms. The number of nitrogens with one attached hydrogen (secondary N) is 1. The zero-order valence-corrected chi connectivity index (χ0v) is 9.48. The third-order valence-corrected chi connectivity index (χ3v) is 3.47. The molecule has 1 heterocycles. The minimum atomic E-state index is 0.129. The third kappa shape index (κ3) is 2.42. The number of amides is 1. The van der Waals surface area contributed by atoms with Gasteiger partial charge in [-0.05, 0) is 25.5 Å². The summed E-state index contributed by atoms with van der Waals surface area (Å²) in [6.45, 7) is 1.87. The number of hydrogen-bond donors (Lipinski definition) is 1. The maximum absolute atomic E-state index is 11.8. The standard InChI is InChI=1S/C10H18N2OS/c1-14-7-6-12-5-4-9(10(12)13)11-8-2-3-8/h8-9,11H,2-7H2,1H3. The normalized spacial score (nSPS) is 27.4. The Morgan fingerprint density at radius 1 is 1.50 bits per heavy atom. The molecule has 14 heavy (non-hydrogen) atoms. The summed E-state index contributed by atoms with van der Waals surface area (Å²) in [5.41, 5.74) is 0. The van der Waals surface area contributed by atoms with E-state index in [9.17, 15) is 4.79 Å². The van der Waals surface area contributed by atoms with E-state index in [2.05, 4.69) is 11.6 Å². The topological polar surface area (TPSA) is 32.3 Å². The summed E-state index contributed by atoms with van der Waals surface area (Å²) in [6, 6.07) is 0.772. The van der Waals surface area contributed by atoms with Gasteiger partial charge < -0.3 is 10.2 Å². The highest BCUT2D eigenvalue weighted by molar-refractivity contribution is 7.98. The van der Waals surface area contributed by atoms with Crippen LogP contribution in [0.15, 0.2) is 0 Å². The second-order valence-corrected chi connectivity index (χ2v) is 5.09. The molecule has 0 aromatic heterocycles. The van der Waals surface area contributed by atoms with Crippen molar-refractivity contribution in [1.82, 2.24) is 10.2 Å². The Labute approximate surface area is 89.6 Å². The van der Waals surface area contributed by atoms with Crippen LogP contribution in [0.25, 0.3) is 0 Å². The van der Waals surface area contributed by atoms with Gasteiger partial charge in [0.1, 0.15) is 0 Å². The predicted molar refractivity (Wildman–Crippen MR) is 59.5 cm³/mol.